The Bertz CT molecular complexity index is 489. The number of hydrogen-bond donors (Lipinski definition) is 2. The lowest BCUT2D eigenvalue weighted by Gasteiger charge is -2.02. The van der Waals surface area contributed by atoms with Gasteiger partial charge in [0.15, 0.2) is 0 Å². The van der Waals surface area contributed by atoms with Crippen molar-refractivity contribution < 1.29 is 9.59 Å². The summed E-state index contributed by atoms with van der Waals surface area (Å²) in [5.41, 5.74) is 0.890. The van der Waals surface area contributed by atoms with Gasteiger partial charge < -0.3 is 10.3 Å². The summed E-state index contributed by atoms with van der Waals surface area (Å²) in [6.07, 6.45) is 1.60. The average Bonchev–Trinajstić information content (AvgIpc) is 2.83. The Morgan fingerprint density at radius 1 is 1.00 bits per heavy atom. The molecule has 0 fully saturated rings. The van der Waals surface area contributed by atoms with Crippen molar-refractivity contribution in [2.45, 2.75) is 0 Å². The summed E-state index contributed by atoms with van der Waals surface area (Å²) >= 11 is 0. The molecule has 2 N–H and O–H groups in total. The molecule has 1 aromatic heterocycles. The van der Waals surface area contributed by atoms with Gasteiger partial charge in [-0.15, -0.1) is 0 Å². The van der Waals surface area contributed by atoms with Gasteiger partial charge in [-0.3, -0.25) is 9.59 Å². The summed E-state index contributed by atoms with van der Waals surface area (Å²) in [5, 5.41) is 2.52. The molecule has 0 spiro atoms. The Kier molecular flexibility index (Phi) is 2.82. The standard InChI is InChI=1S/C12H10N2O2/c15-11(10-7-4-8-13-10)12(16)14-9-5-2-1-3-6-9/h1-8,13H,(H,14,16). The van der Waals surface area contributed by atoms with Gasteiger partial charge in [0.25, 0.3) is 11.7 Å². The summed E-state index contributed by atoms with van der Waals surface area (Å²) in [6.45, 7) is 0. The molecule has 16 heavy (non-hydrogen) atoms. The molecule has 2 rings (SSSR count). The summed E-state index contributed by atoms with van der Waals surface area (Å²) in [7, 11) is 0. The Morgan fingerprint density at radius 3 is 2.38 bits per heavy atom. The van der Waals surface area contributed by atoms with Gasteiger partial charge in [0.05, 0.1) is 5.69 Å². The molecule has 0 bridgehead atoms. The fraction of sp³-hybridized carbons (Fsp3) is 0. The zero-order chi connectivity index (χ0) is 11.4. The van der Waals surface area contributed by atoms with E-state index in [1.165, 1.54) is 0 Å². The molecule has 0 aliphatic carbocycles. The van der Waals surface area contributed by atoms with Gasteiger partial charge >= 0.3 is 0 Å². The number of H-pyrrole nitrogens is 1. The molecular weight excluding hydrogens is 204 g/mol. The van der Waals surface area contributed by atoms with E-state index in [-0.39, 0.29) is 5.69 Å². The van der Waals surface area contributed by atoms with E-state index in [4.69, 9.17) is 0 Å². The molecule has 1 amide bonds. The molecule has 0 aliphatic heterocycles. The van der Waals surface area contributed by atoms with Gasteiger partial charge in [0, 0.05) is 11.9 Å². The monoisotopic (exact) mass is 214 g/mol. The highest BCUT2D eigenvalue weighted by Crippen LogP contribution is 2.06. The average molecular weight is 214 g/mol. The number of aromatic amines is 1. The van der Waals surface area contributed by atoms with Crippen molar-refractivity contribution >= 4 is 17.4 Å². The highest BCUT2D eigenvalue weighted by Gasteiger charge is 2.16. The third-order valence-electron chi connectivity index (χ3n) is 2.08. The van der Waals surface area contributed by atoms with Crippen LogP contribution < -0.4 is 5.32 Å². The van der Waals surface area contributed by atoms with Crippen molar-refractivity contribution in [3.05, 3.63) is 54.4 Å². The van der Waals surface area contributed by atoms with E-state index in [1.807, 2.05) is 6.07 Å². The van der Waals surface area contributed by atoms with E-state index < -0.39 is 11.7 Å². The van der Waals surface area contributed by atoms with Gasteiger partial charge in [-0.25, -0.2) is 0 Å². The number of para-hydroxylation sites is 1. The first-order valence-corrected chi connectivity index (χ1v) is 4.81. The lowest BCUT2D eigenvalue weighted by atomic mass is 10.2. The second-order valence-corrected chi connectivity index (χ2v) is 3.23. The molecule has 0 unspecified atom stereocenters. The van der Waals surface area contributed by atoms with E-state index in [2.05, 4.69) is 10.3 Å². The van der Waals surface area contributed by atoms with E-state index >= 15 is 0 Å². The molecule has 0 atom stereocenters. The zero-order valence-electron chi connectivity index (χ0n) is 8.44. The molecule has 1 aromatic carbocycles. The fourth-order valence-electron chi connectivity index (χ4n) is 1.30. The highest BCUT2D eigenvalue weighted by atomic mass is 16.2. The maximum Gasteiger partial charge on any atom is 0.298 e. The van der Waals surface area contributed by atoms with Crippen LogP contribution in [0, 0.1) is 0 Å². The normalized spacial score (nSPS) is 9.75. The number of anilines is 1. The Hall–Kier alpha value is -2.36. The first kappa shape index (κ1) is 10.2. The van der Waals surface area contributed by atoms with E-state index in [0.717, 1.165) is 0 Å². The second-order valence-electron chi connectivity index (χ2n) is 3.23. The van der Waals surface area contributed by atoms with Gasteiger partial charge in [-0.05, 0) is 24.3 Å². The van der Waals surface area contributed by atoms with Crippen LogP contribution in [0.15, 0.2) is 48.7 Å². The van der Waals surface area contributed by atoms with E-state index in [1.54, 1.807) is 42.6 Å². The maximum atomic E-state index is 11.6. The minimum Gasteiger partial charge on any atom is -0.358 e. The number of aromatic nitrogens is 1. The van der Waals surface area contributed by atoms with E-state index in [9.17, 15) is 9.59 Å². The lowest BCUT2D eigenvalue weighted by Crippen LogP contribution is -2.23. The molecule has 0 radical (unpaired) electrons. The summed E-state index contributed by atoms with van der Waals surface area (Å²) in [4.78, 5) is 25.8. The van der Waals surface area contributed by atoms with Crippen molar-refractivity contribution in [3.8, 4) is 0 Å². The van der Waals surface area contributed by atoms with Crippen LogP contribution in [0.4, 0.5) is 5.69 Å². The van der Waals surface area contributed by atoms with Gasteiger partial charge in [-0.1, -0.05) is 18.2 Å². The molecule has 4 nitrogen and oxygen atoms in total. The maximum absolute atomic E-state index is 11.6. The first-order chi connectivity index (χ1) is 7.77. The first-order valence-electron chi connectivity index (χ1n) is 4.81. The zero-order valence-corrected chi connectivity index (χ0v) is 8.44. The topological polar surface area (TPSA) is 62.0 Å². The van der Waals surface area contributed by atoms with Crippen LogP contribution in [0.2, 0.25) is 0 Å². The molecule has 4 heteroatoms. The Labute approximate surface area is 92.3 Å². The van der Waals surface area contributed by atoms with Crippen LogP contribution in [-0.4, -0.2) is 16.7 Å². The summed E-state index contributed by atoms with van der Waals surface area (Å²) in [5.74, 6) is -1.22. The number of hydrogen-bond acceptors (Lipinski definition) is 2. The van der Waals surface area contributed by atoms with Crippen molar-refractivity contribution in [1.82, 2.24) is 4.98 Å². The second kappa shape index (κ2) is 4.44. The van der Waals surface area contributed by atoms with Crippen molar-refractivity contribution in [1.29, 1.82) is 0 Å². The van der Waals surface area contributed by atoms with Crippen molar-refractivity contribution in [3.63, 3.8) is 0 Å². The minimum atomic E-state index is -0.645. The number of carbonyl (C=O) groups excluding carboxylic acids is 2. The lowest BCUT2D eigenvalue weighted by molar-refractivity contribution is -0.112. The molecular formula is C12H10N2O2. The van der Waals surface area contributed by atoms with Gasteiger partial charge in [-0.2, -0.15) is 0 Å². The number of nitrogens with one attached hydrogen (secondary N) is 2. The smallest absolute Gasteiger partial charge is 0.298 e. The van der Waals surface area contributed by atoms with Gasteiger partial charge in [0.2, 0.25) is 0 Å². The van der Waals surface area contributed by atoms with Crippen LogP contribution in [-0.2, 0) is 4.79 Å². The molecule has 0 aliphatic rings. The number of Topliss-reactive ketones (excluding diaryl/α,β-unsaturated/α-hetero) is 1. The predicted octanol–water partition coefficient (Wildman–Crippen LogP) is 1.84. The van der Waals surface area contributed by atoms with Crippen molar-refractivity contribution in [2.75, 3.05) is 5.32 Å². The third kappa shape index (κ3) is 2.17. The predicted molar refractivity (Wildman–Crippen MR) is 60.2 cm³/mol. The van der Waals surface area contributed by atoms with Gasteiger partial charge in [0.1, 0.15) is 0 Å². The Balaban J connectivity index is 2.07. The van der Waals surface area contributed by atoms with Crippen molar-refractivity contribution in [2.24, 2.45) is 0 Å². The van der Waals surface area contributed by atoms with E-state index in [0.29, 0.717) is 5.69 Å². The molecule has 1 heterocycles. The minimum absolute atomic E-state index is 0.286. The summed E-state index contributed by atoms with van der Waals surface area (Å²) < 4.78 is 0. The highest BCUT2D eigenvalue weighted by molar-refractivity contribution is 6.46. The van der Waals surface area contributed by atoms with Crippen LogP contribution in [0.25, 0.3) is 0 Å². The summed E-state index contributed by atoms with van der Waals surface area (Å²) in [6, 6.07) is 12.1. The van der Waals surface area contributed by atoms with Crippen LogP contribution in [0.1, 0.15) is 10.5 Å². The Morgan fingerprint density at radius 2 is 1.75 bits per heavy atom. The number of benzene rings is 1. The number of carbonyl (C=O) groups is 2. The van der Waals surface area contributed by atoms with Crippen LogP contribution in [0.3, 0.4) is 0 Å². The quantitative estimate of drug-likeness (QED) is 0.605. The van der Waals surface area contributed by atoms with Crippen LogP contribution in [0.5, 0.6) is 0 Å². The molecule has 0 saturated heterocycles. The molecule has 0 saturated carbocycles. The largest absolute Gasteiger partial charge is 0.358 e. The molecule has 2 aromatic rings. The SMILES string of the molecule is O=C(Nc1ccccc1)C(=O)c1ccc[nH]1. The fourth-order valence-corrected chi connectivity index (χ4v) is 1.30. The number of amides is 1. The molecule has 80 valence electrons. The number of ketones is 1. The number of rotatable bonds is 3. The third-order valence-corrected chi connectivity index (χ3v) is 2.08. The van der Waals surface area contributed by atoms with Crippen LogP contribution >= 0.6 is 0 Å².